The first-order chi connectivity index (χ1) is 9.13. The normalized spacial score (nSPS) is 19.3. The molecule has 0 aliphatic carbocycles. The smallest absolute Gasteiger partial charge is 0.123 e. The summed E-state index contributed by atoms with van der Waals surface area (Å²) >= 11 is 0. The standard InChI is InChI=1S/C14H20FNO3/c15-11-1-3-14(4-2-11)19-10-13(18)9-16-7-5-12(17)6-8-16/h1-4,12-13,17-18H,5-10H2. The minimum atomic E-state index is -0.583. The molecule has 2 rings (SSSR count). The number of likely N-dealkylation sites (tertiary alicyclic amines) is 1. The lowest BCUT2D eigenvalue weighted by Gasteiger charge is -2.30. The summed E-state index contributed by atoms with van der Waals surface area (Å²) in [6.45, 7) is 2.32. The lowest BCUT2D eigenvalue weighted by atomic mass is 10.1. The predicted molar refractivity (Wildman–Crippen MR) is 69.6 cm³/mol. The number of piperidine rings is 1. The Kier molecular flexibility index (Phi) is 5.13. The maximum Gasteiger partial charge on any atom is 0.123 e. The number of hydrogen-bond donors (Lipinski definition) is 2. The third-order valence-corrected chi connectivity index (χ3v) is 3.28. The number of aliphatic hydroxyl groups is 2. The summed E-state index contributed by atoms with van der Waals surface area (Å²) in [5.74, 6) is 0.245. The zero-order valence-electron chi connectivity index (χ0n) is 10.8. The van der Waals surface area contributed by atoms with Crippen molar-refractivity contribution in [3.8, 4) is 5.75 Å². The minimum absolute atomic E-state index is 0.185. The van der Waals surface area contributed by atoms with Gasteiger partial charge in [-0.05, 0) is 37.1 Å². The lowest BCUT2D eigenvalue weighted by Crippen LogP contribution is -2.41. The van der Waals surface area contributed by atoms with E-state index in [9.17, 15) is 14.6 Å². The van der Waals surface area contributed by atoms with Gasteiger partial charge < -0.3 is 19.8 Å². The Morgan fingerprint density at radius 2 is 1.89 bits per heavy atom. The van der Waals surface area contributed by atoms with E-state index in [1.54, 1.807) is 12.1 Å². The second kappa shape index (κ2) is 6.84. The molecule has 106 valence electrons. The van der Waals surface area contributed by atoms with Crippen LogP contribution in [-0.4, -0.2) is 53.6 Å². The van der Waals surface area contributed by atoms with Crippen molar-refractivity contribution in [2.24, 2.45) is 0 Å². The molecule has 1 aromatic carbocycles. The SMILES string of the molecule is OC1CCN(CC(O)COc2ccc(F)cc2)CC1. The van der Waals surface area contributed by atoms with Crippen molar-refractivity contribution in [1.82, 2.24) is 4.90 Å². The third-order valence-electron chi connectivity index (χ3n) is 3.28. The molecular formula is C14H20FNO3. The first-order valence-electron chi connectivity index (χ1n) is 6.60. The fraction of sp³-hybridized carbons (Fsp3) is 0.571. The molecule has 0 amide bonds. The van der Waals surface area contributed by atoms with E-state index >= 15 is 0 Å². The van der Waals surface area contributed by atoms with Crippen molar-refractivity contribution in [1.29, 1.82) is 0 Å². The van der Waals surface area contributed by atoms with Gasteiger partial charge in [-0.25, -0.2) is 4.39 Å². The molecular weight excluding hydrogens is 249 g/mol. The fourth-order valence-electron chi connectivity index (χ4n) is 2.18. The quantitative estimate of drug-likeness (QED) is 0.838. The maximum absolute atomic E-state index is 12.7. The number of aliphatic hydroxyl groups excluding tert-OH is 2. The lowest BCUT2D eigenvalue weighted by molar-refractivity contribution is 0.0337. The Morgan fingerprint density at radius 3 is 2.53 bits per heavy atom. The number of nitrogens with zero attached hydrogens (tertiary/aromatic N) is 1. The Morgan fingerprint density at radius 1 is 1.26 bits per heavy atom. The molecule has 0 radical (unpaired) electrons. The molecule has 0 saturated carbocycles. The van der Waals surface area contributed by atoms with Gasteiger partial charge in [0.2, 0.25) is 0 Å². The molecule has 4 nitrogen and oxygen atoms in total. The van der Waals surface area contributed by atoms with Gasteiger partial charge in [0.25, 0.3) is 0 Å². The van der Waals surface area contributed by atoms with Gasteiger partial charge in [0.1, 0.15) is 24.3 Å². The monoisotopic (exact) mass is 269 g/mol. The number of rotatable bonds is 5. The molecule has 1 atom stereocenters. The number of halogens is 1. The van der Waals surface area contributed by atoms with Gasteiger partial charge in [-0.2, -0.15) is 0 Å². The molecule has 1 heterocycles. The highest BCUT2D eigenvalue weighted by molar-refractivity contribution is 5.22. The van der Waals surface area contributed by atoms with Crippen LogP contribution in [0.1, 0.15) is 12.8 Å². The predicted octanol–water partition coefficient (Wildman–Crippen LogP) is 1.02. The molecule has 2 N–H and O–H groups in total. The van der Waals surface area contributed by atoms with Crippen LogP contribution in [-0.2, 0) is 0 Å². The molecule has 5 heteroatoms. The van der Waals surface area contributed by atoms with Gasteiger partial charge in [-0.3, -0.25) is 0 Å². The van der Waals surface area contributed by atoms with Crippen LogP contribution >= 0.6 is 0 Å². The number of benzene rings is 1. The molecule has 1 saturated heterocycles. The van der Waals surface area contributed by atoms with Crippen LogP contribution in [0.5, 0.6) is 5.75 Å². The van der Waals surface area contributed by atoms with Crippen molar-refractivity contribution < 1.29 is 19.3 Å². The molecule has 1 aliphatic heterocycles. The molecule has 1 fully saturated rings. The summed E-state index contributed by atoms with van der Waals surface area (Å²) in [5, 5.41) is 19.3. The number of β-amino-alcohol motifs (C(OH)–C–C–N with tert-alkyl or cyclic N) is 1. The van der Waals surface area contributed by atoms with Crippen molar-refractivity contribution in [3.05, 3.63) is 30.1 Å². The molecule has 1 aromatic rings. The number of ether oxygens (including phenoxy) is 1. The summed E-state index contributed by atoms with van der Waals surface area (Å²) in [7, 11) is 0. The summed E-state index contributed by atoms with van der Waals surface area (Å²) in [6.07, 6.45) is 0.723. The van der Waals surface area contributed by atoms with Crippen LogP contribution in [0, 0.1) is 5.82 Å². The average Bonchev–Trinajstić information content (AvgIpc) is 2.41. The maximum atomic E-state index is 12.7. The van der Waals surface area contributed by atoms with Crippen LogP contribution in [0.4, 0.5) is 4.39 Å². The Balaban J connectivity index is 1.69. The zero-order chi connectivity index (χ0) is 13.7. The van der Waals surface area contributed by atoms with Crippen LogP contribution in [0.15, 0.2) is 24.3 Å². The van der Waals surface area contributed by atoms with Gasteiger partial charge in [-0.15, -0.1) is 0 Å². The average molecular weight is 269 g/mol. The Hall–Kier alpha value is -1.17. The van der Waals surface area contributed by atoms with E-state index in [1.165, 1.54) is 12.1 Å². The van der Waals surface area contributed by atoms with E-state index in [-0.39, 0.29) is 18.5 Å². The van der Waals surface area contributed by atoms with Gasteiger partial charge >= 0.3 is 0 Å². The molecule has 1 unspecified atom stereocenters. The summed E-state index contributed by atoms with van der Waals surface area (Å²) in [5.41, 5.74) is 0. The van der Waals surface area contributed by atoms with Crippen LogP contribution in [0.2, 0.25) is 0 Å². The third kappa shape index (κ3) is 4.78. The highest BCUT2D eigenvalue weighted by atomic mass is 19.1. The highest BCUT2D eigenvalue weighted by Crippen LogP contribution is 2.13. The van der Waals surface area contributed by atoms with Crippen LogP contribution in [0.3, 0.4) is 0 Å². The molecule has 19 heavy (non-hydrogen) atoms. The fourth-order valence-corrected chi connectivity index (χ4v) is 2.18. The second-order valence-electron chi connectivity index (χ2n) is 4.95. The van der Waals surface area contributed by atoms with E-state index in [2.05, 4.69) is 4.90 Å². The summed E-state index contributed by atoms with van der Waals surface area (Å²) in [4.78, 5) is 2.12. The van der Waals surface area contributed by atoms with Crippen molar-refractivity contribution in [2.75, 3.05) is 26.2 Å². The molecule has 0 spiro atoms. The van der Waals surface area contributed by atoms with Crippen molar-refractivity contribution in [3.63, 3.8) is 0 Å². The van der Waals surface area contributed by atoms with E-state index in [0.29, 0.717) is 12.3 Å². The van der Waals surface area contributed by atoms with E-state index < -0.39 is 6.10 Å². The van der Waals surface area contributed by atoms with Gasteiger partial charge in [0, 0.05) is 19.6 Å². The first-order valence-corrected chi connectivity index (χ1v) is 6.60. The van der Waals surface area contributed by atoms with Crippen molar-refractivity contribution >= 4 is 0 Å². The summed E-state index contributed by atoms with van der Waals surface area (Å²) < 4.78 is 18.1. The van der Waals surface area contributed by atoms with Crippen LogP contribution < -0.4 is 4.74 Å². The second-order valence-corrected chi connectivity index (χ2v) is 4.95. The minimum Gasteiger partial charge on any atom is -0.491 e. The molecule has 1 aliphatic rings. The largest absolute Gasteiger partial charge is 0.491 e. The van der Waals surface area contributed by atoms with Crippen molar-refractivity contribution in [2.45, 2.75) is 25.0 Å². The van der Waals surface area contributed by atoms with Gasteiger partial charge in [0.15, 0.2) is 0 Å². The topological polar surface area (TPSA) is 52.9 Å². The van der Waals surface area contributed by atoms with Crippen LogP contribution in [0.25, 0.3) is 0 Å². The molecule has 0 bridgehead atoms. The Labute approximate surface area is 112 Å². The first kappa shape index (κ1) is 14.2. The van der Waals surface area contributed by atoms with E-state index in [0.717, 1.165) is 25.9 Å². The number of hydrogen-bond acceptors (Lipinski definition) is 4. The molecule has 0 aromatic heterocycles. The highest BCUT2D eigenvalue weighted by Gasteiger charge is 2.19. The van der Waals surface area contributed by atoms with E-state index in [1.807, 2.05) is 0 Å². The zero-order valence-corrected chi connectivity index (χ0v) is 10.8. The summed E-state index contributed by atoms with van der Waals surface area (Å²) in [6, 6.07) is 5.74. The van der Waals surface area contributed by atoms with E-state index in [4.69, 9.17) is 4.74 Å². The Bertz CT molecular complexity index is 377. The van der Waals surface area contributed by atoms with Gasteiger partial charge in [0.05, 0.1) is 6.10 Å². The van der Waals surface area contributed by atoms with Gasteiger partial charge in [-0.1, -0.05) is 0 Å².